The minimum atomic E-state index is -3.74. The summed E-state index contributed by atoms with van der Waals surface area (Å²) in [5.41, 5.74) is 0.0244. The Morgan fingerprint density at radius 3 is 2.70 bits per heavy atom. The van der Waals surface area contributed by atoms with E-state index in [2.05, 4.69) is 20.7 Å². The molecule has 23 heavy (non-hydrogen) atoms. The Labute approximate surface area is 142 Å². The predicted octanol–water partition coefficient (Wildman–Crippen LogP) is 1.61. The fourth-order valence-electron chi connectivity index (χ4n) is 1.98. The molecule has 0 spiro atoms. The Kier molecular flexibility index (Phi) is 5.43. The van der Waals surface area contributed by atoms with E-state index in [4.69, 9.17) is 9.47 Å². The van der Waals surface area contributed by atoms with Gasteiger partial charge in [0.15, 0.2) is 0 Å². The minimum absolute atomic E-state index is 0.0244. The van der Waals surface area contributed by atoms with Crippen molar-refractivity contribution in [3.05, 3.63) is 28.2 Å². The molecule has 2 rings (SSSR count). The number of nitrogens with one attached hydrogen (secondary N) is 1. The summed E-state index contributed by atoms with van der Waals surface area (Å²) in [5.74, 6) is -1.39. The first-order valence-corrected chi connectivity index (χ1v) is 9.18. The molecule has 1 atom stereocenters. The van der Waals surface area contributed by atoms with Crippen LogP contribution in [0.4, 0.5) is 0 Å². The lowest BCUT2D eigenvalue weighted by molar-refractivity contribution is -0.145. The molecule has 9 heteroatoms. The molecule has 0 amide bonds. The van der Waals surface area contributed by atoms with Crippen molar-refractivity contribution in [3.8, 4) is 0 Å². The number of cyclic esters (lactones) is 1. The van der Waals surface area contributed by atoms with Crippen molar-refractivity contribution in [2.24, 2.45) is 0 Å². The molecular weight excluding hydrogens is 390 g/mol. The first kappa shape index (κ1) is 17.9. The predicted molar refractivity (Wildman–Crippen MR) is 84.4 cm³/mol. The third-order valence-corrected chi connectivity index (χ3v) is 5.34. The highest BCUT2D eigenvalue weighted by Gasteiger charge is 2.31. The van der Waals surface area contributed by atoms with Crippen LogP contribution in [0.3, 0.4) is 0 Å². The monoisotopic (exact) mass is 405 g/mol. The molecule has 1 aromatic carbocycles. The largest absolute Gasteiger partial charge is 0.463 e. The van der Waals surface area contributed by atoms with Crippen LogP contribution >= 0.6 is 15.9 Å². The minimum Gasteiger partial charge on any atom is -0.463 e. The highest BCUT2D eigenvalue weighted by atomic mass is 79.9. The van der Waals surface area contributed by atoms with Crippen molar-refractivity contribution in [1.82, 2.24) is 4.72 Å². The fourth-order valence-corrected chi connectivity index (χ4v) is 3.67. The van der Waals surface area contributed by atoms with Gasteiger partial charge in [0.05, 0.1) is 17.1 Å². The van der Waals surface area contributed by atoms with Gasteiger partial charge in [0.25, 0.3) is 0 Å². The molecule has 0 aliphatic carbocycles. The van der Waals surface area contributed by atoms with Crippen LogP contribution in [0.15, 0.2) is 27.6 Å². The van der Waals surface area contributed by atoms with Gasteiger partial charge in [0.2, 0.25) is 16.1 Å². The maximum absolute atomic E-state index is 12.2. The van der Waals surface area contributed by atoms with Crippen LogP contribution in [0, 0.1) is 0 Å². The van der Waals surface area contributed by atoms with Crippen LogP contribution in [0.5, 0.6) is 0 Å². The number of benzene rings is 1. The molecule has 1 N–H and O–H groups in total. The third-order valence-electron chi connectivity index (χ3n) is 3.00. The second-order valence-corrected chi connectivity index (χ2v) is 7.84. The zero-order chi connectivity index (χ0) is 17.2. The van der Waals surface area contributed by atoms with Gasteiger partial charge in [-0.2, -0.15) is 0 Å². The van der Waals surface area contributed by atoms with E-state index >= 15 is 0 Å². The van der Waals surface area contributed by atoms with Gasteiger partial charge in [-0.3, -0.25) is 0 Å². The zero-order valence-electron chi connectivity index (χ0n) is 12.5. The van der Waals surface area contributed by atoms with E-state index in [9.17, 15) is 18.0 Å². The summed E-state index contributed by atoms with van der Waals surface area (Å²) in [6.45, 7) is 3.58. The summed E-state index contributed by atoms with van der Waals surface area (Å²) >= 11 is 3.18. The molecule has 1 aromatic rings. The Hall–Kier alpha value is -1.45. The van der Waals surface area contributed by atoms with Crippen LogP contribution < -0.4 is 4.72 Å². The van der Waals surface area contributed by atoms with Gasteiger partial charge in [-0.05, 0) is 48.0 Å². The summed E-state index contributed by atoms with van der Waals surface area (Å²) in [6.07, 6.45) is -0.668. The van der Waals surface area contributed by atoms with E-state index in [1.807, 2.05) is 0 Å². The topological polar surface area (TPSA) is 98.8 Å². The van der Waals surface area contributed by atoms with E-state index < -0.39 is 28.1 Å². The van der Waals surface area contributed by atoms with Gasteiger partial charge in [-0.1, -0.05) is 0 Å². The number of hydrogen-bond acceptors (Lipinski definition) is 6. The van der Waals surface area contributed by atoms with E-state index in [0.29, 0.717) is 4.47 Å². The van der Waals surface area contributed by atoms with Crippen LogP contribution in [-0.2, 0) is 24.3 Å². The summed E-state index contributed by atoms with van der Waals surface area (Å²) in [5, 5.41) is 0. The molecule has 1 aliphatic heterocycles. The van der Waals surface area contributed by atoms with Crippen molar-refractivity contribution in [2.75, 3.05) is 6.61 Å². The van der Waals surface area contributed by atoms with Crippen molar-refractivity contribution in [3.63, 3.8) is 0 Å². The quantitative estimate of drug-likeness (QED) is 0.746. The molecule has 1 fully saturated rings. The number of sulfonamides is 1. The van der Waals surface area contributed by atoms with Gasteiger partial charge >= 0.3 is 11.9 Å². The van der Waals surface area contributed by atoms with Gasteiger partial charge in [-0.15, -0.1) is 0 Å². The normalized spacial score (nSPS) is 18.1. The molecule has 0 bridgehead atoms. The SMILES string of the molecule is CC(C)NS(=O)(=O)c1ccc(Br)c(C(=O)O[C@H]2CCOC2=O)c1. The lowest BCUT2D eigenvalue weighted by Gasteiger charge is -2.13. The number of ether oxygens (including phenoxy) is 2. The third kappa shape index (κ3) is 4.30. The molecule has 1 saturated heterocycles. The average molecular weight is 406 g/mol. The van der Waals surface area contributed by atoms with Gasteiger partial charge in [0.1, 0.15) is 0 Å². The highest BCUT2D eigenvalue weighted by Crippen LogP contribution is 2.23. The first-order valence-electron chi connectivity index (χ1n) is 6.90. The summed E-state index contributed by atoms with van der Waals surface area (Å²) in [4.78, 5) is 23.5. The zero-order valence-corrected chi connectivity index (χ0v) is 14.9. The van der Waals surface area contributed by atoms with Gasteiger partial charge in [-0.25, -0.2) is 22.7 Å². The molecule has 0 saturated carbocycles. The van der Waals surface area contributed by atoms with E-state index in [-0.39, 0.29) is 29.5 Å². The molecule has 0 radical (unpaired) electrons. The molecule has 7 nitrogen and oxygen atoms in total. The van der Waals surface area contributed by atoms with Crippen molar-refractivity contribution in [2.45, 2.75) is 37.3 Å². The molecule has 1 aliphatic rings. The van der Waals surface area contributed by atoms with E-state index in [1.165, 1.54) is 18.2 Å². The van der Waals surface area contributed by atoms with Crippen molar-refractivity contribution < 1.29 is 27.5 Å². The van der Waals surface area contributed by atoms with Crippen molar-refractivity contribution in [1.29, 1.82) is 0 Å². The Bertz CT molecular complexity index is 731. The summed E-state index contributed by atoms with van der Waals surface area (Å²) < 4.78 is 37.0. The maximum atomic E-state index is 12.2. The summed E-state index contributed by atoms with van der Waals surface area (Å²) in [7, 11) is -3.74. The van der Waals surface area contributed by atoms with Gasteiger partial charge < -0.3 is 9.47 Å². The molecule has 0 aromatic heterocycles. The number of hydrogen-bond donors (Lipinski definition) is 1. The maximum Gasteiger partial charge on any atom is 0.347 e. The van der Waals surface area contributed by atoms with Gasteiger partial charge in [0, 0.05) is 16.9 Å². The van der Waals surface area contributed by atoms with Crippen LogP contribution in [0.1, 0.15) is 30.6 Å². The van der Waals surface area contributed by atoms with Crippen LogP contribution in [-0.4, -0.2) is 39.1 Å². The van der Waals surface area contributed by atoms with E-state index in [1.54, 1.807) is 13.8 Å². The second-order valence-electron chi connectivity index (χ2n) is 5.27. The Balaban J connectivity index is 2.26. The number of carbonyl (C=O) groups is 2. The smallest absolute Gasteiger partial charge is 0.347 e. The molecule has 126 valence electrons. The molecular formula is C14H16BrNO6S. The molecule has 0 unspecified atom stereocenters. The highest BCUT2D eigenvalue weighted by molar-refractivity contribution is 9.10. The van der Waals surface area contributed by atoms with Crippen LogP contribution in [0.2, 0.25) is 0 Å². The van der Waals surface area contributed by atoms with E-state index in [0.717, 1.165) is 0 Å². The summed E-state index contributed by atoms with van der Waals surface area (Å²) in [6, 6.07) is 3.73. The Morgan fingerprint density at radius 2 is 2.13 bits per heavy atom. The second kappa shape index (κ2) is 6.98. The fraction of sp³-hybridized carbons (Fsp3) is 0.429. The lowest BCUT2D eigenvalue weighted by atomic mass is 10.2. The first-order chi connectivity index (χ1) is 10.7. The van der Waals surface area contributed by atoms with Crippen LogP contribution in [0.25, 0.3) is 0 Å². The Morgan fingerprint density at radius 1 is 1.43 bits per heavy atom. The average Bonchev–Trinajstić information content (AvgIpc) is 2.83. The molecule has 1 heterocycles. The number of rotatable bonds is 5. The number of halogens is 1. The number of esters is 2. The number of carbonyl (C=O) groups excluding carboxylic acids is 2. The lowest BCUT2D eigenvalue weighted by Crippen LogP contribution is -2.30. The van der Waals surface area contributed by atoms with Crippen molar-refractivity contribution >= 4 is 37.9 Å². The standard InChI is InChI=1S/C14H16BrNO6S/c1-8(2)16-23(19,20)9-3-4-11(15)10(7-9)13(17)22-12-5-6-21-14(12)18/h3-4,7-8,12,16H,5-6H2,1-2H3/t12-/m0/s1.